The molecule has 1 atom stereocenters. The fraction of sp³-hybridized carbons (Fsp3) is 0.706. The van der Waals surface area contributed by atoms with Crippen LogP contribution < -0.4 is 5.63 Å². The molecule has 1 rings (SSSR count). The Labute approximate surface area is 144 Å². The van der Waals surface area contributed by atoms with Crippen molar-refractivity contribution in [1.29, 1.82) is 0 Å². The summed E-state index contributed by atoms with van der Waals surface area (Å²) in [5.41, 5.74) is 0.167. The van der Waals surface area contributed by atoms with Crippen LogP contribution in [-0.4, -0.2) is 25.9 Å². The van der Waals surface area contributed by atoms with Gasteiger partial charge in [0.25, 0.3) is 0 Å². The maximum atomic E-state index is 12.4. The van der Waals surface area contributed by atoms with E-state index >= 15 is 0 Å². The first-order valence-electron chi connectivity index (χ1n) is 8.23. The van der Waals surface area contributed by atoms with Crippen LogP contribution in [0.1, 0.15) is 57.9 Å². The summed E-state index contributed by atoms with van der Waals surface area (Å²) in [4.78, 5) is 28.4. The van der Waals surface area contributed by atoms with E-state index in [1.807, 2.05) is 0 Å². The van der Waals surface area contributed by atoms with Crippen LogP contribution in [0, 0.1) is 6.92 Å². The number of rotatable bonds is 6. The van der Waals surface area contributed by atoms with Gasteiger partial charge in [0.1, 0.15) is 0 Å². The summed E-state index contributed by atoms with van der Waals surface area (Å²) in [5, 5.41) is 0.000874. The van der Waals surface area contributed by atoms with E-state index in [1.54, 1.807) is 20.8 Å². The third-order valence-corrected chi connectivity index (χ3v) is 8.92. The van der Waals surface area contributed by atoms with E-state index in [-0.39, 0.29) is 24.0 Å². The van der Waals surface area contributed by atoms with E-state index in [2.05, 4.69) is 38.8 Å². The SMILES string of the molecule is CCOC(=O)Cc1nc(C)oc(=O)c1[C@@H](C)O[Si](C)(C)C(C)(C)C. The maximum absolute atomic E-state index is 12.4. The first-order valence-corrected chi connectivity index (χ1v) is 11.1. The van der Waals surface area contributed by atoms with E-state index in [4.69, 9.17) is 13.6 Å². The van der Waals surface area contributed by atoms with Gasteiger partial charge in [0, 0.05) is 6.92 Å². The summed E-state index contributed by atoms with van der Waals surface area (Å²) in [6.45, 7) is 16.0. The Morgan fingerprint density at radius 1 is 1.33 bits per heavy atom. The predicted octanol–water partition coefficient (Wildman–Crippen LogP) is 3.53. The Morgan fingerprint density at radius 3 is 2.42 bits per heavy atom. The second kappa shape index (κ2) is 7.61. The zero-order valence-corrected chi connectivity index (χ0v) is 17.0. The van der Waals surface area contributed by atoms with Crippen LogP contribution >= 0.6 is 0 Å². The predicted molar refractivity (Wildman–Crippen MR) is 94.5 cm³/mol. The summed E-state index contributed by atoms with van der Waals surface area (Å²) in [6, 6.07) is 0. The van der Waals surface area contributed by atoms with E-state index in [9.17, 15) is 9.59 Å². The van der Waals surface area contributed by atoms with Gasteiger partial charge in [-0.3, -0.25) is 4.79 Å². The van der Waals surface area contributed by atoms with Crippen molar-refractivity contribution < 1.29 is 18.4 Å². The highest BCUT2D eigenvalue weighted by molar-refractivity contribution is 6.74. The van der Waals surface area contributed by atoms with E-state index in [0.29, 0.717) is 11.3 Å². The number of hydrogen-bond acceptors (Lipinski definition) is 6. The van der Waals surface area contributed by atoms with Crippen LogP contribution in [-0.2, 0) is 20.4 Å². The molecule has 1 heterocycles. The van der Waals surface area contributed by atoms with Crippen molar-refractivity contribution in [2.24, 2.45) is 0 Å². The maximum Gasteiger partial charge on any atom is 0.344 e. The van der Waals surface area contributed by atoms with Gasteiger partial charge in [0.15, 0.2) is 14.2 Å². The Morgan fingerprint density at radius 2 is 1.92 bits per heavy atom. The fourth-order valence-corrected chi connectivity index (χ4v) is 3.50. The van der Waals surface area contributed by atoms with E-state index in [1.165, 1.54) is 0 Å². The first-order chi connectivity index (χ1) is 10.9. The highest BCUT2D eigenvalue weighted by atomic mass is 28.4. The highest BCUT2D eigenvalue weighted by Gasteiger charge is 2.39. The Bertz CT molecular complexity index is 645. The van der Waals surface area contributed by atoms with Crippen LogP contribution in [0.25, 0.3) is 0 Å². The molecule has 0 spiro atoms. The van der Waals surface area contributed by atoms with E-state index < -0.39 is 26.0 Å². The largest absolute Gasteiger partial charge is 0.466 e. The number of carbonyl (C=O) groups excluding carboxylic acids is 1. The second-order valence-corrected chi connectivity index (χ2v) is 12.1. The van der Waals surface area contributed by atoms with Crippen molar-refractivity contribution in [3.8, 4) is 0 Å². The summed E-state index contributed by atoms with van der Waals surface area (Å²) in [6.07, 6.45) is -0.569. The average Bonchev–Trinajstić information content (AvgIpc) is 2.35. The third-order valence-electron chi connectivity index (χ3n) is 4.36. The number of esters is 1. The van der Waals surface area contributed by atoms with Gasteiger partial charge in [-0.15, -0.1) is 0 Å². The lowest BCUT2D eigenvalue weighted by Crippen LogP contribution is -2.42. The van der Waals surface area contributed by atoms with Crippen molar-refractivity contribution >= 4 is 14.3 Å². The van der Waals surface area contributed by atoms with Crippen LogP contribution in [0.4, 0.5) is 0 Å². The lowest BCUT2D eigenvalue weighted by molar-refractivity contribution is -0.142. The molecular formula is C17H29NO5Si. The van der Waals surface area contributed by atoms with Crippen molar-refractivity contribution in [3.05, 3.63) is 27.6 Å². The molecule has 0 bridgehead atoms. The number of ether oxygens (including phenoxy) is 1. The van der Waals surface area contributed by atoms with Gasteiger partial charge in [-0.1, -0.05) is 20.8 Å². The molecule has 0 radical (unpaired) electrons. The molecule has 0 saturated carbocycles. The standard InChI is InChI=1S/C17H29NO5Si/c1-9-21-14(19)10-13-15(16(20)22-12(3)18-13)11(2)23-24(7,8)17(4,5)6/h11H,9-10H2,1-8H3/t11-/m1/s1. The molecule has 1 aromatic heterocycles. The molecule has 136 valence electrons. The van der Waals surface area contributed by atoms with Crippen LogP contribution in [0.5, 0.6) is 0 Å². The van der Waals surface area contributed by atoms with Gasteiger partial charge < -0.3 is 13.6 Å². The van der Waals surface area contributed by atoms with Crippen LogP contribution in [0.3, 0.4) is 0 Å². The molecule has 0 aliphatic rings. The number of aromatic nitrogens is 1. The molecule has 0 saturated heterocycles. The van der Waals surface area contributed by atoms with Crippen LogP contribution in [0.2, 0.25) is 18.1 Å². The zero-order valence-electron chi connectivity index (χ0n) is 16.0. The van der Waals surface area contributed by atoms with E-state index in [0.717, 1.165) is 0 Å². The topological polar surface area (TPSA) is 78.6 Å². The molecular weight excluding hydrogens is 326 g/mol. The summed E-state index contributed by atoms with van der Waals surface area (Å²) in [5.74, 6) is -0.196. The fourth-order valence-electron chi connectivity index (χ4n) is 2.14. The molecule has 0 unspecified atom stereocenters. The van der Waals surface area contributed by atoms with Crippen molar-refractivity contribution in [1.82, 2.24) is 4.98 Å². The minimum Gasteiger partial charge on any atom is -0.466 e. The molecule has 0 aliphatic carbocycles. The Hall–Kier alpha value is -1.47. The molecule has 1 aromatic rings. The third kappa shape index (κ3) is 5.01. The van der Waals surface area contributed by atoms with Crippen LogP contribution in [0.15, 0.2) is 9.21 Å². The van der Waals surface area contributed by atoms with Gasteiger partial charge in [0.2, 0.25) is 0 Å². The molecule has 0 aromatic carbocycles. The lowest BCUT2D eigenvalue weighted by atomic mass is 10.1. The molecule has 0 fully saturated rings. The molecule has 0 N–H and O–H groups in total. The highest BCUT2D eigenvalue weighted by Crippen LogP contribution is 2.39. The Kier molecular flexibility index (Phi) is 6.52. The van der Waals surface area contributed by atoms with Gasteiger partial charge in [-0.25, -0.2) is 9.78 Å². The van der Waals surface area contributed by atoms with Gasteiger partial charge >= 0.3 is 11.6 Å². The minimum atomic E-state index is -2.09. The average molecular weight is 356 g/mol. The minimum absolute atomic E-state index is 0.000874. The molecule has 24 heavy (non-hydrogen) atoms. The Balaban J connectivity index is 3.22. The second-order valence-electron chi connectivity index (χ2n) is 7.38. The van der Waals surface area contributed by atoms with Gasteiger partial charge in [-0.05, 0) is 32.0 Å². The van der Waals surface area contributed by atoms with Gasteiger partial charge in [-0.2, -0.15) is 0 Å². The quantitative estimate of drug-likeness (QED) is 0.574. The smallest absolute Gasteiger partial charge is 0.344 e. The molecule has 0 aliphatic heterocycles. The number of carbonyl (C=O) groups is 1. The normalized spacial score (nSPS) is 13.7. The summed E-state index contributed by atoms with van der Waals surface area (Å²) < 4.78 is 16.4. The van der Waals surface area contributed by atoms with Crippen molar-refractivity contribution in [3.63, 3.8) is 0 Å². The molecule has 0 amide bonds. The first kappa shape index (κ1) is 20.6. The van der Waals surface area contributed by atoms with Gasteiger partial charge in [0.05, 0.1) is 30.4 Å². The number of hydrogen-bond donors (Lipinski definition) is 0. The molecule has 6 nitrogen and oxygen atoms in total. The van der Waals surface area contributed by atoms with Crippen molar-refractivity contribution in [2.75, 3.05) is 6.61 Å². The monoisotopic (exact) mass is 355 g/mol. The zero-order chi connectivity index (χ0) is 18.7. The van der Waals surface area contributed by atoms with Crippen molar-refractivity contribution in [2.45, 2.75) is 72.2 Å². The number of nitrogens with zero attached hydrogens (tertiary/aromatic N) is 1. The molecule has 7 heteroatoms. The summed E-state index contributed by atoms with van der Waals surface area (Å²) in [7, 11) is -2.09. The summed E-state index contributed by atoms with van der Waals surface area (Å²) >= 11 is 0. The lowest BCUT2D eigenvalue weighted by Gasteiger charge is -2.38. The number of aryl methyl sites for hydroxylation is 1.